The Morgan fingerprint density at radius 1 is 1.48 bits per heavy atom. The largest absolute Gasteiger partial charge is 0.492 e. The average Bonchev–Trinajstić information content (AvgIpc) is 2.53. The van der Waals surface area contributed by atoms with Crippen LogP contribution in [0.15, 0.2) is 24.3 Å². The number of morpholine rings is 1. The summed E-state index contributed by atoms with van der Waals surface area (Å²) >= 11 is 0. The second-order valence-corrected chi connectivity index (χ2v) is 4.67. The summed E-state index contributed by atoms with van der Waals surface area (Å²) in [4.78, 5) is 2.18. The summed E-state index contributed by atoms with van der Waals surface area (Å²) in [5.74, 6) is 6.60. The Kier molecular flexibility index (Phi) is 6.05. The van der Waals surface area contributed by atoms with E-state index in [2.05, 4.69) is 22.8 Å². The van der Waals surface area contributed by atoms with Gasteiger partial charge in [-0.1, -0.05) is 17.9 Å². The second-order valence-electron chi connectivity index (χ2n) is 4.67. The van der Waals surface area contributed by atoms with E-state index in [0.717, 1.165) is 24.4 Å². The van der Waals surface area contributed by atoms with Crippen molar-refractivity contribution in [3.05, 3.63) is 29.8 Å². The quantitative estimate of drug-likeness (QED) is 0.820. The second kappa shape index (κ2) is 8.28. The molecule has 5 nitrogen and oxygen atoms in total. The van der Waals surface area contributed by atoms with Crippen LogP contribution >= 0.6 is 0 Å². The summed E-state index contributed by atoms with van der Waals surface area (Å²) in [5.41, 5.74) is 6.25. The van der Waals surface area contributed by atoms with Crippen LogP contribution in [-0.4, -0.2) is 50.4 Å². The molecule has 1 atom stereocenters. The molecule has 2 rings (SSSR count). The molecule has 1 saturated heterocycles. The fourth-order valence-electron chi connectivity index (χ4n) is 2.09. The molecule has 0 aromatic heterocycles. The first kappa shape index (κ1) is 15.3. The highest BCUT2D eigenvalue weighted by Gasteiger charge is 2.19. The maximum absolute atomic E-state index is 8.86. The summed E-state index contributed by atoms with van der Waals surface area (Å²) < 4.78 is 11.0. The zero-order valence-corrected chi connectivity index (χ0v) is 11.9. The SMILES string of the molecule is N#CC1CN(CCOc2cccc(C#CCN)c2)CCO1. The van der Waals surface area contributed by atoms with Crippen LogP contribution < -0.4 is 10.5 Å². The lowest BCUT2D eigenvalue weighted by Crippen LogP contribution is -2.43. The van der Waals surface area contributed by atoms with Crippen LogP contribution in [0.3, 0.4) is 0 Å². The maximum atomic E-state index is 8.86. The number of hydrogen-bond acceptors (Lipinski definition) is 5. The summed E-state index contributed by atoms with van der Waals surface area (Å²) in [7, 11) is 0. The average molecular weight is 285 g/mol. The molecule has 0 spiro atoms. The Hall–Kier alpha value is -2.05. The van der Waals surface area contributed by atoms with Gasteiger partial charge in [-0.3, -0.25) is 4.90 Å². The van der Waals surface area contributed by atoms with Crippen molar-refractivity contribution in [2.24, 2.45) is 5.73 Å². The minimum absolute atomic E-state index is 0.325. The van der Waals surface area contributed by atoms with Crippen molar-refractivity contribution in [1.82, 2.24) is 4.90 Å². The van der Waals surface area contributed by atoms with Gasteiger partial charge in [0.25, 0.3) is 0 Å². The van der Waals surface area contributed by atoms with Crippen LogP contribution in [0.1, 0.15) is 5.56 Å². The lowest BCUT2D eigenvalue weighted by Gasteiger charge is -2.29. The van der Waals surface area contributed by atoms with Crippen LogP contribution in [0, 0.1) is 23.2 Å². The summed E-state index contributed by atoms with van der Waals surface area (Å²) in [6.07, 6.45) is -0.325. The molecule has 1 aromatic carbocycles. The van der Waals surface area contributed by atoms with Gasteiger partial charge < -0.3 is 15.2 Å². The number of benzene rings is 1. The van der Waals surface area contributed by atoms with E-state index in [1.165, 1.54) is 0 Å². The van der Waals surface area contributed by atoms with Gasteiger partial charge in [0.15, 0.2) is 6.10 Å². The number of ether oxygens (including phenoxy) is 2. The minimum Gasteiger partial charge on any atom is -0.492 e. The van der Waals surface area contributed by atoms with E-state index in [1.54, 1.807) is 0 Å². The van der Waals surface area contributed by atoms with Gasteiger partial charge in [-0.25, -0.2) is 0 Å². The molecule has 1 fully saturated rings. The van der Waals surface area contributed by atoms with Crippen molar-refractivity contribution in [2.75, 3.05) is 39.4 Å². The molecule has 110 valence electrons. The molecule has 0 radical (unpaired) electrons. The molecule has 21 heavy (non-hydrogen) atoms. The first-order valence-electron chi connectivity index (χ1n) is 6.97. The lowest BCUT2D eigenvalue weighted by atomic mass is 10.2. The van der Waals surface area contributed by atoms with E-state index in [-0.39, 0.29) is 6.10 Å². The fraction of sp³-hybridized carbons (Fsp3) is 0.438. The number of nitrogens with zero attached hydrogens (tertiary/aromatic N) is 2. The molecule has 1 heterocycles. The van der Waals surface area contributed by atoms with Crippen molar-refractivity contribution in [1.29, 1.82) is 5.26 Å². The molecule has 0 bridgehead atoms. The normalized spacial score (nSPS) is 18.4. The Morgan fingerprint density at radius 3 is 3.19 bits per heavy atom. The zero-order chi connectivity index (χ0) is 14.9. The molecule has 0 amide bonds. The minimum atomic E-state index is -0.325. The summed E-state index contributed by atoms with van der Waals surface area (Å²) in [5, 5.41) is 8.86. The summed E-state index contributed by atoms with van der Waals surface area (Å²) in [6, 6.07) is 9.79. The van der Waals surface area contributed by atoms with Crippen molar-refractivity contribution >= 4 is 0 Å². The van der Waals surface area contributed by atoms with E-state index in [9.17, 15) is 0 Å². The number of rotatable bonds is 4. The van der Waals surface area contributed by atoms with Crippen LogP contribution in [0.4, 0.5) is 0 Å². The highest BCUT2D eigenvalue weighted by molar-refractivity contribution is 5.39. The Balaban J connectivity index is 1.79. The number of nitriles is 1. The van der Waals surface area contributed by atoms with Gasteiger partial charge in [0.2, 0.25) is 0 Å². The van der Waals surface area contributed by atoms with Gasteiger partial charge in [-0.05, 0) is 18.2 Å². The fourth-order valence-corrected chi connectivity index (χ4v) is 2.09. The van der Waals surface area contributed by atoms with E-state index in [1.807, 2.05) is 24.3 Å². The van der Waals surface area contributed by atoms with E-state index >= 15 is 0 Å². The Bertz CT molecular complexity index is 557. The smallest absolute Gasteiger partial charge is 0.156 e. The van der Waals surface area contributed by atoms with Gasteiger partial charge >= 0.3 is 0 Å². The molecular weight excluding hydrogens is 266 g/mol. The lowest BCUT2D eigenvalue weighted by molar-refractivity contribution is -0.00334. The van der Waals surface area contributed by atoms with Crippen molar-refractivity contribution in [3.63, 3.8) is 0 Å². The van der Waals surface area contributed by atoms with Gasteiger partial charge in [-0.15, -0.1) is 0 Å². The predicted octanol–water partition coefficient (Wildman–Crippen LogP) is 0.600. The molecular formula is C16H19N3O2. The van der Waals surface area contributed by atoms with Crippen molar-refractivity contribution in [3.8, 4) is 23.7 Å². The van der Waals surface area contributed by atoms with Crippen LogP contribution in [-0.2, 0) is 4.74 Å². The third-order valence-electron chi connectivity index (χ3n) is 3.14. The third kappa shape index (κ3) is 5.09. The van der Waals surface area contributed by atoms with Crippen LogP contribution in [0.5, 0.6) is 5.75 Å². The highest BCUT2D eigenvalue weighted by Crippen LogP contribution is 2.13. The van der Waals surface area contributed by atoms with Crippen molar-refractivity contribution < 1.29 is 9.47 Å². The van der Waals surface area contributed by atoms with Crippen LogP contribution in [0.25, 0.3) is 0 Å². The van der Waals surface area contributed by atoms with E-state index in [0.29, 0.717) is 26.3 Å². The molecule has 2 N–H and O–H groups in total. The zero-order valence-electron chi connectivity index (χ0n) is 11.9. The Morgan fingerprint density at radius 2 is 2.38 bits per heavy atom. The standard InChI is InChI=1S/C16H19N3O2/c17-6-2-4-14-3-1-5-15(11-14)20-9-7-19-8-10-21-16(12-18)13-19/h1,3,5,11,16H,6-10,13,17H2. The van der Waals surface area contributed by atoms with Gasteiger partial charge in [0.05, 0.1) is 19.2 Å². The van der Waals surface area contributed by atoms with E-state index < -0.39 is 0 Å². The first-order chi connectivity index (χ1) is 10.3. The molecule has 5 heteroatoms. The van der Waals surface area contributed by atoms with E-state index in [4.69, 9.17) is 20.5 Å². The molecule has 1 aliphatic rings. The summed E-state index contributed by atoms with van der Waals surface area (Å²) in [6.45, 7) is 3.78. The van der Waals surface area contributed by atoms with Gasteiger partial charge in [-0.2, -0.15) is 5.26 Å². The van der Waals surface area contributed by atoms with Gasteiger partial charge in [0, 0.05) is 25.2 Å². The molecule has 0 saturated carbocycles. The topological polar surface area (TPSA) is 71.5 Å². The Labute approximate surface area is 125 Å². The predicted molar refractivity (Wildman–Crippen MR) is 79.7 cm³/mol. The van der Waals surface area contributed by atoms with Crippen molar-refractivity contribution in [2.45, 2.75) is 6.10 Å². The molecule has 1 aromatic rings. The molecule has 1 unspecified atom stereocenters. The molecule has 1 aliphatic heterocycles. The highest BCUT2D eigenvalue weighted by atomic mass is 16.5. The molecule has 0 aliphatic carbocycles. The number of hydrogen-bond donors (Lipinski definition) is 1. The van der Waals surface area contributed by atoms with Gasteiger partial charge in [0.1, 0.15) is 12.4 Å². The number of nitrogens with two attached hydrogens (primary N) is 1. The monoisotopic (exact) mass is 285 g/mol. The maximum Gasteiger partial charge on any atom is 0.156 e. The first-order valence-corrected chi connectivity index (χ1v) is 6.97. The third-order valence-corrected chi connectivity index (χ3v) is 3.14. The van der Waals surface area contributed by atoms with Crippen LogP contribution in [0.2, 0.25) is 0 Å².